The number of benzene rings is 2. The van der Waals surface area contributed by atoms with Crippen molar-refractivity contribution in [1.82, 2.24) is 0 Å². The number of rotatable bonds is 6. The molecule has 100 valence electrons. The minimum atomic E-state index is 0.180. The molecule has 0 aliphatic heterocycles. The minimum Gasteiger partial charge on any atom is -0.382 e. The van der Waals surface area contributed by atoms with Crippen LogP contribution in [0, 0.1) is 0 Å². The predicted octanol–water partition coefficient (Wildman–Crippen LogP) is 4.05. The second kappa shape index (κ2) is 6.95. The van der Waals surface area contributed by atoms with Crippen LogP contribution >= 0.6 is 0 Å². The molecule has 1 unspecified atom stereocenters. The molecule has 0 saturated heterocycles. The molecule has 0 spiro atoms. The van der Waals surface area contributed by atoms with Gasteiger partial charge in [0.15, 0.2) is 0 Å². The lowest BCUT2D eigenvalue weighted by atomic mass is 10.1. The SMILES string of the molecule is CCc1ccccc1NC(COC)c1ccccc1. The van der Waals surface area contributed by atoms with Gasteiger partial charge in [-0.15, -0.1) is 0 Å². The molecule has 0 fully saturated rings. The highest BCUT2D eigenvalue weighted by atomic mass is 16.5. The van der Waals surface area contributed by atoms with Gasteiger partial charge < -0.3 is 10.1 Å². The Morgan fingerprint density at radius 3 is 2.37 bits per heavy atom. The maximum Gasteiger partial charge on any atom is 0.0747 e. The van der Waals surface area contributed by atoms with Crippen molar-refractivity contribution in [2.24, 2.45) is 0 Å². The van der Waals surface area contributed by atoms with Gasteiger partial charge in [-0.1, -0.05) is 55.5 Å². The fourth-order valence-corrected chi connectivity index (χ4v) is 2.23. The summed E-state index contributed by atoms with van der Waals surface area (Å²) in [6.45, 7) is 2.83. The zero-order valence-electron chi connectivity index (χ0n) is 11.6. The van der Waals surface area contributed by atoms with Crippen molar-refractivity contribution < 1.29 is 4.74 Å². The molecule has 1 N–H and O–H groups in total. The molecule has 0 heterocycles. The van der Waals surface area contributed by atoms with Gasteiger partial charge >= 0.3 is 0 Å². The van der Waals surface area contributed by atoms with E-state index in [0.717, 1.165) is 6.42 Å². The van der Waals surface area contributed by atoms with Crippen LogP contribution in [0.5, 0.6) is 0 Å². The molecule has 2 aromatic rings. The summed E-state index contributed by atoms with van der Waals surface area (Å²) in [5.41, 5.74) is 3.77. The van der Waals surface area contributed by atoms with Crippen LogP contribution in [0.4, 0.5) is 5.69 Å². The van der Waals surface area contributed by atoms with Crippen LogP contribution in [-0.4, -0.2) is 13.7 Å². The number of anilines is 1. The second-order valence-corrected chi connectivity index (χ2v) is 4.57. The number of methoxy groups -OCH3 is 1. The molecule has 19 heavy (non-hydrogen) atoms. The van der Waals surface area contributed by atoms with Gasteiger partial charge in [-0.3, -0.25) is 0 Å². The summed E-state index contributed by atoms with van der Waals surface area (Å²) in [4.78, 5) is 0. The summed E-state index contributed by atoms with van der Waals surface area (Å²) in [7, 11) is 1.74. The average Bonchev–Trinajstić information content (AvgIpc) is 2.48. The zero-order chi connectivity index (χ0) is 13.5. The van der Waals surface area contributed by atoms with Crippen molar-refractivity contribution in [3.63, 3.8) is 0 Å². The van der Waals surface area contributed by atoms with Crippen LogP contribution in [0.25, 0.3) is 0 Å². The van der Waals surface area contributed by atoms with Crippen molar-refractivity contribution in [2.75, 3.05) is 19.0 Å². The van der Waals surface area contributed by atoms with Gasteiger partial charge in [0.2, 0.25) is 0 Å². The molecule has 1 atom stereocenters. The molecule has 2 nitrogen and oxygen atoms in total. The molecular weight excluding hydrogens is 234 g/mol. The number of hydrogen-bond acceptors (Lipinski definition) is 2. The molecule has 0 saturated carbocycles. The molecule has 0 aliphatic carbocycles. The number of aryl methyl sites for hydroxylation is 1. The molecule has 2 heteroatoms. The average molecular weight is 255 g/mol. The highest BCUT2D eigenvalue weighted by Gasteiger charge is 2.12. The number of ether oxygens (including phenoxy) is 1. The molecule has 2 rings (SSSR count). The Balaban J connectivity index is 2.21. The molecule has 0 aliphatic rings. The molecule has 0 bridgehead atoms. The maximum atomic E-state index is 5.34. The Hall–Kier alpha value is -1.80. The normalized spacial score (nSPS) is 12.1. The Labute approximate surface area is 115 Å². The Bertz CT molecular complexity index is 496. The topological polar surface area (TPSA) is 21.3 Å². The van der Waals surface area contributed by atoms with Crippen molar-refractivity contribution in [2.45, 2.75) is 19.4 Å². The van der Waals surface area contributed by atoms with E-state index < -0.39 is 0 Å². The predicted molar refractivity (Wildman–Crippen MR) is 80.5 cm³/mol. The first-order valence-electron chi connectivity index (χ1n) is 6.73. The van der Waals surface area contributed by atoms with Crippen molar-refractivity contribution in [1.29, 1.82) is 0 Å². The molecular formula is C17H21NO. The number of para-hydroxylation sites is 1. The van der Waals surface area contributed by atoms with E-state index in [-0.39, 0.29) is 6.04 Å². The van der Waals surface area contributed by atoms with E-state index in [1.165, 1.54) is 16.8 Å². The van der Waals surface area contributed by atoms with E-state index in [1.54, 1.807) is 7.11 Å². The van der Waals surface area contributed by atoms with Gasteiger partial charge in [-0.05, 0) is 23.6 Å². The van der Waals surface area contributed by atoms with E-state index in [0.29, 0.717) is 6.61 Å². The first-order valence-corrected chi connectivity index (χ1v) is 6.73. The standard InChI is InChI=1S/C17H21NO/c1-3-14-9-7-8-12-16(14)18-17(13-19-2)15-10-5-4-6-11-15/h4-12,17-18H,3,13H2,1-2H3. The lowest BCUT2D eigenvalue weighted by Crippen LogP contribution is -2.17. The number of hydrogen-bond donors (Lipinski definition) is 1. The lowest BCUT2D eigenvalue weighted by Gasteiger charge is -2.21. The van der Waals surface area contributed by atoms with Crippen LogP contribution in [0.2, 0.25) is 0 Å². The molecule has 0 aromatic heterocycles. The van der Waals surface area contributed by atoms with E-state index in [2.05, 4.69) is 60.8 Å². The van der Waals surface area contributed by atoms with Crippen molar-refractivity contribution in [3.05, 3.63) is 65.7 Å². The Morgan fingerprint density at radius 1 is 1.00 bits per heavy atom. The summed E-state index contributed by atoms with van der Waals surface area (Å²) >= 11 is 0. The third-order valence-corrected chi connectivity index (χ3v) is 3.26. The van der Waals surface area contributed by atoms with E-state index in [1.807, 2.05) is 6.07 Å². The summed E-state index contributed by atoms with van der Waals surface area (Å²) in [5, 5.41) is 3.59. The van der Waals surface area contributed by atoms with Gasteiger partial charge in [0.25, 0.3) is 0 Å². The largest absolute Gasteiger partial charge is 0.382 e. The Morgan fingerprint density at radius 2 is 1.68 bits per heavy atom. The first kappa shape index (κ1) is 13.6. The molecule has 2 aromatic carbocycles. The summed E-state index contributed by atoms with van der Waals surface area (Å²) < 4.78 is 5.34. The summed E-state index contributed by atoms with van der Waals surface area (Å²) in [5.74, 6) is 0. The monoisotopic (exact) mass is 255 g/mol. The van der Waals surface area contributed by atoms with Crippen molar-refractivity contribution >= 4 is 5.69 Å². The second-order valence-electron chi connectivity index (χ2n) is 4.57. The van der Waals surface area contributed by atoms with Gasteiger partial charge in [0.05, 0.1) is 12.6 Å². The smallest absolute Gasteiger partial charge is 0.0747 e. The highest BCUT2D eigenvalue weighted by molar-refractivity contribution is 5.52. The van der Waals surface area contributed by atoms with Crippen LogP contribution < -0.4 is 5.32 Å². The first-order chi connectivity index (χ1) is 9.35. The van der Waals surface area contributed by atoms with Gasteiger partial charge in [0.1, 0.15) is 0 Å². The van der Waals surface area contributed by atoms with Crippen LogP contribution in [0.1, 0.15) is 24.1 Å². The maximum absolute atomic E-state index is 5.34. The lowest BCUT2D eigenvalue weighted by molar-refractivity contribution is 0.186. The summed E-state index contributed by atoms with van der Waals surface area (Å²) in [6, 6.07) is 19.0. The van der Waals surface area contributed by atoms with E-state index in [4.69, 9.17) is 4.74 Å². The summed E-state index contributed by atoms with van der Waals surface area (Å²) in [6.07, 6.45) is 1.03. The van der Waals surface area contributed by atoms with Crippen LogP contribution in [0.3, 0.4) is 0 Å². The fourth-order valence-electron chi connectivity index (χ4n) is 2.23. The quantitative estimate of drug-likeness (QED) is 0.840. The third-order valence-electron chi connectivity index (χ3n) is 3.26. The van der Waals surface area contributed by atoms with Crippen LogP contribution in [0.15, 0.2) is 54.6 Å². The minimum absolute atomic E-state index is 0.180. The fraction of sp³-hybridized carbons (Fsp3) is 0.294. The van der Waals surface area contributed by atoms with Gasteiger partial charge in [0, 0.05) is 12.8 Å². The van der Waals surface area contributed by atoms with Crippen molar-refractivity contribution in [3.8, 4) is 0 Å². The zero-order valence-corrected chi connectivity index (χ0v) is 11.6. The Kier molecular flexibility index (Phi) is 4.99. The van der Waals surface area contributed by atoms with Gasteiger partial charge in [-0.2, -0.15) is 0 Å². The molecule has 0 radical (unpaired) electrons. The third kappa shape index (κ3) is 3.58. The van der Waals surface area contributed by atoms with Crippen LogP contribution in [-0.2, 0) is 11.2 Å². The van der Waals surface area contributed by atoms with E-state index >= 15 is 0 Å². The highest BCUT2D eigenvalue weighted by Crippen LogP contribution is 2.23. The number of nitrogens with one attached hydrogen (secondary N) is 1. The van der Waals surface area contributed by atoms with Gasteiger partial charge in [-0.25, -0.2) is 0 Å². The van der Waals surface area contributed by atoms with E-state index in [9.17, 15) is 0 Å². The molecule has 0 amide bonds.